The Morgan fingerprint density at radius 3 is 2.58 bits per heavy atom. The quantitative estimate of drug-likeness (QED) is 0.808. The van der Waals surface area contributed by atoms with Gasteiger partial charge in [-0.2, -0.15) is 5.10 Å². The molecule has 7 nitrogen and oxygen atoms in total. The SMILES string of the molecule is O=C(NCC1CCCCC1)C1=NN(C2CCS(=O)(=O)C2)C(=O)CC1. The van der Waals surface area contributed by atoms with Gasteiger partial charge in [-0.15, -0.1) is 0 Å². The summed E-state index contributed by atoms with van der Waals surface area (Å²) in [6.45, 7) is 0.656. The lowest BCUT2D eigenvalue weighted by atomic mass is 9.89. The van der Waals surface area contributed by atoms with Gasteiger partial charge in [-0.1, -0.05) is 19.3 Å². The van der Waals surface area contributed by atoms with E-state index in [0.717, 1.165) is 12.8 Å². The van der Waals surface area contributed by atoms with Crippen molar-refractivity contribution in [3.8, 4) is 0 Å². The molecule has 1 N–H and O–H groups in total. The topological polar surface area (TPSA) is 95.9 Å². The number of nitrogens with one attached hydrogen (secondary N) is 1. The van der Waals surface area contributed by atoms with Crippen LogP contribution in [0.1, 0.15) is 51.4 Å². The van der Waals surface area contributed by atoms with Crippen molar-refractivity contribution in [1.82, 2.24) is 10.3 Å². The molecule has 0 aromatic rings. The van der Waals surface area contributed by atoms with Crippen LogP contribution in [0.15, 0.2) is 5.10 Å². The van der Waals surface area contributed by atoms with Gasteiger partial charge in [0, 0.05) is 19.4 Å². The van der Waals surface area contributed by atoms with Gasteiger partial charge in [0.2, 0.25) is 5.91 Å². The number of hydrazone groups is 1. The van der Waals surface area contributed by atoms with Crippen LogP contribution < -0.4 is 5.32 Å². The first kappa shape index (κ1) is 17.4. The summed E-state index contributed by atoms with van der Waals surface area (Å²) in [5.74, 6) is 0.142. The monoisotopic (exact) mass is 355 g/mol. The molecule has 2 amide bonds. The Hall–Kier alpha value is -1.44. The third-order valence-corrected chi connectivity index (χ3v) is 6.90. The zero-order valence-corrected chi connectivity index (χ0v) is 14.7. The summed E-state index contributed by atoms with van der Waals surface area (Å²) < 4.78 is 23.2. The molecular formula is C16H25N3O4S. The summed E-state index contributed by atoms with van der Waals surface area (Å²) in [5, 5.41) is 8.38. The van der Waals surface area contributed by atoms with E-state index in [1.165, 1.54) is 24.3 Å². The Morgan fingerprint density at radius 2 is 1.92 bits per heavy atom. The standard InChI is InChI=1S/C16H25N3O4S/c20-15-7-6-14(16(21)17-10-12-4-2-1-3-5-12)18-19(15)13-8-9-24(22,23)11-13/h12-13H,1-11H2,(H,17,21). The van der Waals surface area contributed by atoms with Crippen LogP contribution in [0.25, 0.3) is 0 Å². The van der Waals surface area contributed by atoms with Crippen LogP contribution in [0.4, 0.5) is 0 Å². The molecule has 0 bridgehead atoms. The van der Waals surface area contributed by atoms with Crippen molar-refractivity contribution in [3.05, 3.63) is 0 Å². The second-order valence-electron chi connectivity index (χ2n) is 7.06. The number of hydrogen-bond acceptors (Lipinski definition) is 5. The summed E-state index contributed by atoms with van der Waals surface area (Å²) in [7, 11) is -3.09. The lowest BCUT2D eigenvalue weighted by molar-refractivity contribution is -0.133. The van der Waals surface area contributed by atoms with Gasteiger partial charge in [0.05, 0.1) is 17.5 Å². The van der Waals surface area contributed by atoms with Gasteiger partial charge in [0.1, 0.15) is 5.71 Å². The van der Waals surface area contributed by atoms with Gasteiger partial charge in [-0.25, -0.2) is 13.4 Å². The fraction of sp³-hybridized carbons (Fsp3) is 0.812. The molecule has 1 unspecified atom stereocenters. The smallest absolute Gasteiger partial charge is 0.267 e. The molecule has 0 aromatic heterocycles. The molecule has 1 saturated carbocycles. The lowest BCUT2D eigenvalue weighted by Gasteiger charge is -2.28. The van der Waals surface area contributed by atoms with E-state index in [1.54, 1.807) is 0 Å². The van der Waals surface area contributed by atoms with E-state index in [2.05, 4.69) is 10.4 Å². The van der Waals surface area contributed by atoms with Crippen molar-refractivity contribution in [3.63, 3.8) is 0 Å². The van der Waals surface area contributed by atoms with E-state index in [4.69, 9.17) is 0 Å². The summed E-state index contributed by atoms with van der Waals surface area (Å²) >= 11 is 0. The second-order valence-corrected chi connectivity index (χ2v) is 9.28. The molecule has 1 atom stereocenters. The summed E-state index contributed by atoms with van der Waals surface area (Å²) in [4.78, 5) is 24.4. The molecule has 3 aliphatic rings. The minimum atomic E-state index is -3.09. The fourth-order valence-corrected chi connectivity index (χ4v) is 5.41. The van der Waals surface area contributed by atoms with Crippen molar-refractivity contribution >= 4 is 27.4 Å². The average Bonchev–Trinajstić information content (AvgIpc) is 2.94. The highest BCUT2D eigenvalue weighted by molar-refractivity contribution is 7.91. The number of carbonyl (C=O) groups excluding carboxylic acids is 2. The maximum atomic E-state index is 12.3. The van der Waals surface area contributed by atoms with E-state index < -0.39 is 15.9 Å². The zero-order valence-electron chi connectivity index (χ0n) is 13.9. The molecule has 3 rings (SSSR count). The third kappa shape index (κ3) is 4.15. The van der Waals surface area contributed by atoms with E-state index in [0.29, 0.717) is 31.0 Å². The second kappa shape index (κ2) is 7.21. The summed E-state index contributed by atoms with van der Waals surface area (Å²) in [5.41, 5.74) is 0.342. The number of hydrogen-bond donors (Lipinski definition) is 1. The van der Waals surface area contributed by atoms with Crippen molar-refractivity contribution < 1.29 is 18.0 Å². The van der Waals surface area contributed by atoms with Crippen LogP contribution in [0.2, 0.25) is 0 Å². The highest BCUT2D eigenvalue weighted by atomic mass is 32.2. The first-order valence-electron chi connectivity index (χ1n) is 8.83. The Bertz CT molecular complexity index is 638. The van der Waals surface area contributed by atoms with E-state index in [9.17, 15) is 18.0 Å². The maximum Gasteiger partial charge on any atom is 0.267 e. The molecule has 1 saturated heterocycles. The van der Waals surface area contributed by atoms with Crippen molar-refractivity contribution in [2.75, 3.05) is 18.1 Å². The number of sulfone groups is 1. The van der Waals surface area contributed by atoms with Gasteiger partial charge in [-0.05, 0) is 25.2 Å². The van der Waals surface area contributed by atoms with E-state index in [1.807, 2.05) is 0 Å². The van der Waals surface area contributed by atoms with Crippen LogP contribution >= 0.6 is 0 Å². The molecule has 2 aliphatic heterocycles. The Kier molecular flexibility index (Phi) is 5.22. The van der Waals surface area contributed by atoms with Crippen LogP contribution in [-0.2, 0) is 19.4 Å². The largest absolute Gasteiger partial charge is 0.351 e. The molecule has 0 aromatic carbocycles. The molecule has 134 valence electrons. The Labute approximate surface area is 142 Å². The molecule has 24 heavy (non-hydrogen) atoms. The minimum absolute atomic E-state index is 0.0563. The first-order chi connectivity index (χ1) is 11.4. The number of carbonyl (C=O) groups is 2. The van der Waals surface area contributed by atoms with Gasteiger partial charge in [0.15, 0.2) is 9.84 Å². The third-order valence-electron chi connectivity index (χ3n) is 5.15. The maximum absolute atomic E-state index is 12.3. The van der Waals surface area contributed by atoms with Crippen molar-refractivity contribution in [1.29, 1.82) is 0 Å². The van der Waals surface area contributed by atoms with E-state index >= 15 is 0 Å². The molecule has 2 fully saturated rings. The zero-order chi connectivity index (χ0) is 17.2. The predicted molar refractivity (Wildman–Crippen MR) is 90.2 cm³/mol. The average molecular weight is 355 g/mol. The predicted octanol–water partition coefficient (Wildman–Crippen LogP) is 0.848. The number of rotatable bonds is 4. The van der Waals surface area contributed by atoms with Crippen LogP contribution in [0, 0.1) is 5.92 Å². The van der Waals surface area contributed by atoms with Crippen LogP contribution in [-0.4, -0.2) is 55.0 Å². The van der Waals surface area contributed by atoms with Crippen molar-refractivity contribution in [2.45, 2.75) is 57.4 Å². The molecular weight excluding hydrogens is 330 g/mol. The first-order valence-corrected chi connectivity index (χ1v) is 10.6. The fourth-order valence-electron chi connectivity index (χ4n) is 3.72. The summed E-state index contributed by atoms with van der Waals surface area (Å²) in [6, 6.07) is -0.427. The van der Waals surface area contributed by atoms with Gasteiger partial charge >= 0.3 is 0 Å². The van der Waals surface area contributed by atoms with Gasteiger partial charge in [-0.3, -0.25) is 9.59 Å². The molecule has 0 spiro atoms. The van der Waals surface area contributed by atoms with Crippen molar-refractivity contribution in [2.24, 2.45) is 11.0 Å². The van der Waals surface area contributed by atoms with Crippen LogP contribution in [0.3, 0.4) is 0 Å². The minimum Gasteiger partial charge on any atom is -0.351 e. The lowest BCUT2D eigenvalue weighted by Crippen LogP contribution is -2.44. The van der Waals surface area contributed by atoms with Gasteiger partial charge in [0.25, 0.3) is 5.91 Å². The van der Waals surface area contributed by atoms with Crippen LogP contribution in [0.5, 0.6) is 0 Å². The normalized spacial score (nSPS) is 27.8. The molecule has 1 aliphatic carbocycles. The number of nitrogens with zero attached hydrogens (tertiary/aromatic N) is 2. The highest BCUT2D eigenvalue weighted by Crippen LogP contribution is 2.24. The summed E-state index contributed by atoms with van der Waals surface area (Å²) in [6.07, 6.45) is 6.96. The van der Waals surface area contributed by atoms with E-state index in [-0.39, 0.29) is 29.7 Å². The Morgan fingerprint density at radius 1 is 1.17 bits per heavy atom. The molecule has 0 radical (unpaired) electrons. The van der Waals surface area contributed by atoms with Gasteiger partial charge < -0.3 is 5.32 Å². The molecule has 2 heterocycles. The Balaban J connectivity index is 1.60. The highest BCUT2D eigenvalue weighted by Gasteiger charge is 2.37. The molecule has 8 heteroatoms. The number of amides is 2.